The molecule has 1 aromatic carbocycles. The zero-order valence-electron chi connectivity index (χ0n) is 14.7. The second-order valence-electron chi connectivity index (χ2n) is 6.81. The lowest BCUT2D eigenvalue weighted by atomic mass is 9.97. The van der Waals surface area contributed by atoms with Crippen LogP contribution in [0.5, 0.6) is 0 Å². The summed E-state index contributed by atoms with van der Waals surface area (Å²) in [6.45, 7) is 2.14. The molecule has 0 saturated heterocycles. The molecule has 1 amide bonds. The summed E-state index contributed by atoms with van der Waals surface area (Å²) >= 11 is 1.66. The molecule has 1 heterocycles. The number of hydrogen-bond donors (Lipinski definition) is 1. The number of sulfonamides is 1. The minimum atomic E-state index is -3.57. The quantitative estimate of drug-likeness (QED) is 0.868. The fourth-order valence-electron chi connectivity index (χ4n) is 3.55. The lowest BCUT2D eigenvalue weighted by Crippen LogP contribution is -2.36. The van der Waals surface area contributed by atoms with Gasteiger partial charge in [0.15, 0.2) is 0 Å². The van der Waals surface area contributed by atoms with Crippen LogP contribution in [-0.4, -0.2) is 32.7 Å². The van der Waals surface area contributed by atoms with Gasteiger partial charge in [0.05, 0.1) is 10.6 Å². The minimum absolute atomic E-state index is 0.0135. The first kappa shape index (κ1) is 18.7. The summed E-state index contributed by atoms with van der Waals surface area (Å²) in [6.07, 6.45) is 7.57. The molecule has 0 unspecified atom stereocenters. The van der Waals surface area contributed by atoms with Crippen LogP contribution in [0, 0.1) is 0 Å². The zero-order chi connectivity index (χ0) is 17.9. The Bertz CT molecular complexity index is 726. The monoisotopic (exact) mass is 382 g/mol. The molecule has 1 aromatic rings. The zero-order valence-corrected chi connectivity index (χ0v) is 16.3. The molecule has 0 bridgehead atoms. The van der Waals surface area contributed by atoms with Crippen molar-refractivity contribution >= 4 is 33.4 Å². The molecular weight excluding hydrogens is 356 g/mol. The smallest absolute Gasteiger partial charge is 0.240 e. The van der Waals surface area contributed by atoms with E-state index < -0.39 is 10.0 Å². The average molecular weight is 383 g/mol. The normalized spacial score (nSPS) is 19.8. The Balaban J connectivity index is 1.82. The summed E-state index contributed by atoms with van der Waals surface area (Å²) in [5, 5.41) is 0. The van der Waals surface area contributed by atoms with Gasteiger partial charge in [0.25, 0.3) is 0 Å². The number of nitrogens with one attached hydrogen (secondary N) is 1. The van der Waals surface area contributed by atoms with Crippen LogP contribution >= 0.6 is 11.8 Å². The first-order chi connectivity index (χ1) is 12.0. The van der Waals surface area contributed by atoms with E-state index in [1.165, 1.54) is 26.2 Å². The second-order valence-corrected chi connectivity index (χ2v) is 9.66. The molecule has 1 aliphatic carbocycles. The largest absolute Gasteiger partial charge is 0.311 e. The SMILES string of the molecule is CC(=O)N1CCSc2ccc(S(=O)(=O)NC3CCCCCCC3)cc21. The Morgan fingerprint density at radius 2 is 1.84 bits per heavy atom. The molecule has 25 heavy (non-hydrogen) atoms. The number of carbonyl (C=O) groups excluding carboxylic acids is 1. The summed E-state index contributed by atoms with van der Waals surface area (Å²) in [7, 11) is -3.57. The molecule has 1 saturated carbocycles. The van der Waals surface area contributed by atoms with Crippen LogP contribution in [0.2, 0.25) is 0 Å². The molecule has 0 spiro atoms. The average Bonchev–Trinajstić information content (AvgIpc) is 2.56. The molecular formula is C18H26N2O3S2. The third kappa shape index (κ3) is 4.57. The number of thioether (sulfide) groups is 1. The standard InChI is InChI=1S/C18H26N2O3S2/c1-14(21)20-11-12-24-18-10-9-16(13-17(18)20)25(22,23)19-15-7-5-3-2-4-6-8-15/h9-10,13,15,19H,2-8,11-12H2,1H3. The van der Waals surface area contributed by atoms with Crippen LogP contribution < -0.4 is 9.62 Å². The summed E-state index contributed by atoms with van der Waals surface area (Å²) in [4.78, 5) is 14.7. The third-order valence-electron chi connectivity index (χ3n) is 4.91. The van der Waals surface area contributed by atoms with E-state index in [-0.39, 0.29) is 16.8 Å². The van der Waals surface area contributed by atoms with E-state index in [9.17, 15) is 13.2 Å². The van der Waals surface area contributed by atoms with Crippen molar-refractivity contribution in [3.63, 3.8) is 0 Å². The van der Waals surface area contributed by atoms with Gasteiger partial charge in [-0.3, -0.25) is 4.79 Å². The van der Waals surface area contributed by atoms with Gasteiger partial charge in [-0.15, -0.1) is 11.8 Å². The maximum Gasteiger partial charge on any atom is 0.240 e. The predicted octanol–water partition coefficient (Wildman–Crippen LogP) is 3.54. The van der Waals surface area contributed by atoms with E-state index >= 15 is 0 Å². The van der Waals surface area contributed by atoms with Crippen LogP contribution in [0.4, 0.5) is 5.69 Å². The topological polar surface area (TPSA) is 66.5 Å². The van der Waals surface area contributed by atoms with Crippen molar-refractivity contribution in [3.05, 3.63) is 18.2 Å². The lowest BCUT2D eigenvalue weighted by molar-refractivity contribution is -0.116. The van der Waals surface area contributed by atoms with Gasteiger partial charge in [0.2, 0.25) is 15.9 Å². The van der Waals surface area contributed by atoms with E-state index in [2.05, 4.69) is 4.72 Å². The van der Waals surface area contributed by atoms with E-state index in [0.29, 0.717) is 12.2 Å². The molecule has 7 heteroatoms. The first-order valence-corrected chi connectivity index (χ1v) is 11.5. The number of hydrogen-bond acceptors (Lipinski definition) is 4. The van der Waals surface area contributed by atoms with E-state index in [4.69, 9.17) is 0 Å². The maximum absolute atomic E-state index is 12.8. The maximum atomic E-state index is 12.8. The Morgan fingerprint density at radius 3 is 2.52 bits per heavy atom. The number of benzene rings is 1. The highest BCUT2D eigenvalue weighted by atomic mass is 32.2. The van der Waals surface area contributed by atoms with Crippen LogP contribution in [0.15, 0.2) is 28.0 Å². The summed E-state index contributed by atoms with van der Waals surface area (Å²) in [5.74, 6) is 0.781. The molecule has 0 aromatic heterocycles. The van der Waals surface area contributed by atoms with Gasteiger partial charge >= 0.3 is 0 Å². The number of rotatable bonds is 3. The van der Waals surface area contributed by atoms with Gasteiger partial charge in [0.1, 0.15) is 0 Å². The molecule has 1 N–H and O–H groups in total. The number of nitrogens with zero attached hydrogens (tertiary/aromatic N) is 1. The molecule has 1 fully saturated rings. The van der Waals surface area contributed by atoms with E-state index in [0.717, 1.165) is 36.3 Å². The third-order valence-corrected chi connectivity index (χ3v) is 7.47. The van der Waals surface area contributed by atoms with Crippen LogP contribution in [-0.2, 0) is 14.8 Å². The van der Waals surface area contributed by atoms with Crippen LogP contribution in [0.3, 0.4) is 0 Å². The number of anilines is 1. The fraction of sp³-hybridized carbons (Fsp3) is 0.611. The van der Waals surface area contributed by atoms with E-state index in [1.807, 2.05) is 6.07 Å². The van der Waals surface area contributed by atoms with Crippen molar-refractivity contribution in [1.82, 2.24) is 4.72 Å². The Hall–Kier alpha value is -1.05. The summed E-state index contributed by atoms with van der Waals surface area (Å²) in [6, 6.07) is 5.14. The summed E-state index contributed by atoms with van der Waals surface area (Å²) < 4.78 is 28.6. The lowest BCUT2D eigenvalue weighted by Gasteiger charge is -2.28. The Kier molecular flexibility index (Phi) is 6.07. The fourth-order valence-corrected chi connectivity index (χ4v) is 5.85. The number of carbonyl (C=O) groups is 1. The van der Waals surface area contributed by atoms with Crippen molar-refractivity contribution < 1.29 is 13.2 Å². The first-order valence-electron chi connectivity index (χ1n) is 9.05. The van der Waals surface area contributed by atoms with Crippen molar-refractivity contribution in [3.8, 4) is 0 Å². The predicted molar refractivity (Wildman–Crippen MR) is 102 cm³/mol. The van der Waals surface area contributed by atoms with Gasteiger partial charge in [-0.1, -0.05) is 32.1 Å². The molecule has 2 aliphatic rings. The Morgan fingerprint density at radius 1 is 1.16 bits per heavy atom. The highest BCUT2D eigenvalue weighted by Crippen LogP contribution is 2.36. The number of amides is 1. The molecule has 1 aliphatic heterocycles. The highest BCUT2D eigenvalue weighted by Gasteiger charge is 2.25. The van der Waals surface area contributed by atoms with Crippen molar-refractivity contribution in [2.75, 3.05) is 17.2 Å². The molecule has 0 radical (unpaired) electrons. The molecule has 138 valence electrons. The van der Waals surface area contributed by atoms with Crippen molar-refractivity contribution in [1.29, 1.82) is 0 Å². The van der Waals surface area contributed by atoms with Crippen molar-refractivity contribution in [2.45, 2.75) is 67.7 Å². The highest BCUT2D eigenvalue weighted by molar-refractivity contribution is 7.99. The second kappa shape index (κ2) is 8.10. The van der Waals surface area contributed by atoms with Gasteiger partial charge < -0.3 is 4.90 Å². The van der Waals surface area contributed by atoms with Crippen molar-refractivity contribution in [2.24, 2.45) is 0 Å². The molecule has 0 atom stereocenters. The van der Waals surface area contributed by atoms with Gasteiger partial charge in [-0.25, -0.2) is 13.1 Å². The number of fused-ring (bicyclic) bond motifs is 1. The Labute approximate surface area is 154 Å². The minimum Gasteiger partial charge on any atom is -0.311 e. The van der Waals surface area contributed by atoms with Gasteiger partial charge in [-0.05, 0) is 31.0 Å². The molecule has 5 nitrogen and oxygen atoms in total. The van der Waals surface area contributed by atoms with Gasteiger partial charge in [0, 0.05) is 30.2 Å². The van der Waals surface area contributed by atoms with Crippen LogP contribution in [0.25, 0.3) is 0 Å². The summed E-state index contributed by atoms with van der Waals surface area (Å²) in [5.41, 5.74) is 0.712. The van der Waals surface area contributed by atoms with Crippen LogP contribution in [0.1, 0.15) is 51.9 Å². The van der Waals surface area contributed by atoms with E-state index in [1.54, 1.807) is 28.8 Å². The molecule has 3 rings (SSSR count). The van der Waals surface area contributed by atoms with Gasteiger partial charge in [-0.2, -0.15) is 0 Å².